The minimum Gasteiger partial charge on any atom is -0.338 e. The van der Waals surface area contributed by atoms with Gasteiger partial charge in [-0.25, -0.2) is 0 Å². The number of hydrogen-bond donors (Lipinski definition) is 0. The van der Waals surface area contributed by atoms with Gasteiger partial charge in [-0.3, -0.25) is 14.6 Å². The number of para-hydroxylation sites is 1. The molecule has 0 unspecified atom stereocenters. The molecular formula is C24H23N3O2. The van der Waals surface area contributed by atoms with Crippen molar-refractivity contribution in [2.45, 2.75) is 19.8 Å². The van der Waals surface area contributed by atoms with Gasteiger partial charge >= 0.3 is 0 Å². The molecule has 0 bridgehead atoms. The monoisotopic (exact) mass is 385 g/mol. The molecule has 1 spiro atoms. The highest BCUT2D eigenvalue weighted by atomic mass is 16.2. The number of anilines is 1. The lowest BCUT2D eigenvalue weighted by molar-refractivity contribution is -0.117. The summed E-state index contributed by atoms with van der Waals surface area (Å²) in [6.45, 7) is 4.00. The fraction of sp³-hybridized carbons (Fsp3) is 0.292. The molecule has 2 aromatic carbocycles. The number of aromatic nitrogens is 1. The Bertz CT molecular complexity index is 1120. The average Bonchev–Trinajstić information content (AvgIpc) is 3.29. The Morgan fingerprint density at radius 1 is 1.07 bits per heavy atom. The van der Waals surface area contributed by atoms with Crippen LogP contribution in [0.15, 0.2) is 60.8 Å². The zero-order valence-electron chi connectivity index (χ0n) is 16.5. The fourth-order valence-electron chi connectivity index (χ4n) is 4.76. The molecule has 5 nitrogen and oxygen atoms in total. The first-order valence-corrected chi connectivity index (χ1v) is 10.0. The molecule has 2 aliphatic heterocycles. The summed E-state index contributed by atoms with van der Waals surface area (Å²) < 4.78 is 0. The van der Waals surface area contributed by atoms with Gasteiger partial charge in [0.1, 0.15) is 0 Å². The molecule has 5 heteroatoms. The molecule has 0 radical (unpaired) electrons. The number of rotatable bonds is 2. The lowest BCUT2D eigenvalue weighted by Gasteiger charge is -2.24. The highest BCUT2D eigenvalue weighted by molar-refractivity contribution is 6.05. The number of hydrogen-bond acceptors (Lipinski definition) is 3. The standard InChI is InChI=1S/C24H23N3O2/c1-17-5-2-8-19(13-17)27-16-24(14-21(27)28)10-12-26(15-24)23(29)20-9-3-6-18-7-4-11-25-22(18)20/h2-9,11,13H,10,12,14-16H2,1H3/t24-/m0/s1. The molecule has 3 heterocycles. The predicted molar refractivity (Wildman–Crippen MR) is 113 cm³/mol. The van der Waals surface area contributed by atoms with Crippen LogP contribution >= 0.6 is 0 Å². The van der Waals surface area contributed by atoms with Crippen molar-refractivity contribution in [2.75, 3.05) is 24.5 Å². The van der Waals surface area contributed by atoms with Crippen LogP contribution in [0.5, 0.6) is 0 Å². The van der Waals surface area contributed by atoms with Gasteiger partial charge < -0.3 is 9.80 Å². The van der Waals surface area contributed by atoms with Gasteiger partial charge in [-0.05, 0) is 43.2 Å². The van der Waals surface area contributed by atoms with Crippen molar-refractivity contribution >= 4 is 28.4 Å². The third kappa shape index (κ3) is 3.07. The Morgan fingerprint density at radius 3 is 2.76 bits per heavy atom. The van der Waals surface area contributed by atoms with E-state index in [1.165, 1.54) is 0 Å². The van der Waals surface area contributed by atoms with Crippen molar-refractivity contribution in [1.29, 1.82) is 0 Å². The van der Waals surface area contributed by atoms with Crippen LogP contribution in [0.4, 0.5) is 5.69 Å². The summed E-state index contributed by atoms with van der Waals surface area (Å²) in [7, 11) is 0. The molecule has 0 saturated carbocycles. The van der Waals surface area contributed by atoms with E-state index in [4.69, 9.17) is 0 Å². The van der Waals surface area contributed by atoms with E-state index < -0.39 is 0 Å². The topological polar surface area (TPSA) is 53.5 Å². The van der Waals surface area contributed by atoms with Crippen molar-refractivity contribution in [3.8, 4) is 0 Å². The Morgan fingerprint density at radius 2 is 1.90 bits per heavy atom. The first-order chi connectivity index (χ1) is 14.0. The smallest absolute Gasteiger partial charge is 0.256 e. The first-order valence-electron chi connectivity index (χ1n) is 10.0. The van der Waals surface area contributed by atoms with E-state index in [2.05, 4.69) is 11.1 Å². The van der Waals surface area contributed by atoms with Crippen LogP contribution in [0.25, 0.3) is 10.9 Å². The fourth-order valence-corrected chi connectivity index (χ4v) is 4.76. The lowest BCUT2D eigenvalue weighted by atomic mass is 9.86. The van der Waals surface area contributed by atoms with Crippen LogP contribution in [-0.4, -0.2) is 41.3 Å². The van der Waals surface area contributed by atoms with Crippen LogP contribution in [0.3, 0.4) is 0 Å². The Hall–Kier alpha value is -3.21. The maximum absolute atomic E-state index is 13.3. The molecule has 2 aliphatic rings. The molecule has 3 aromatic rings. The van der Waals surface area contributed by atoms with Crippen LogP contribution in [0.2, 0.25) is 0 Å². The van der Waals surface area contributed by atoms with Crippen molar-refractivity contribution in [2.24, 2.45) is 5.41 Å². The summed E-state index contributed by atoms with van der Waals surface area (Å²) in [4.78, 5) is 34.3. The third-order valence-electron chi connectivity index (χ3n) is 6.22. The summed E-state index contributed by atoms with van der Waals surface area (Å²) >= 11 is 0. The molecule has 29 heavy (non-hydrogen) atoms. The van der Waals surface area contributed by atoms with Crippen LogP contribution in [0.1, 0.15) is 28.8 Å². The zero-order valence-corrected chi connectivity index (χ0v) is 16.5. The van der Waals surface area contributed by atoms with E-state index in [9.17, 15) is 9.59 Å². The predicted octanol–water partition coefficient (Wildman–Crippen LogP) is 3.81. The molecular weight excluding hydrogens is 362 g/mol. The molecule has 5 rings (SSSR count). The van der Waals surface area contributed by atoms with E-state index in [-0.39, 0.29) is 17.2 Å². The van der Waals surface area contributed by atoms with Crippen LogP contribution < -0.4 is 4.90 Å². The average molecular weight is 385 g/mol. The number of amides is 2. The van der Waals surface area contributed by atoms with Gasteiger partial charge in [0.15, 0.2) is 0 Å². The number of carbonyl (C=O) groups excluding carboxylic acids is 2. The molecule has 0 aliphatic carbocycles. The van der Waals surface area contributed by atoms with Gasteiger partial charge in [-0.2, -0.15) is 0 Å². The van der Waals surface area contributed by atoms with Gasteiger partial charge in [0.25, 0.3) is 5.91 Å². The molecule has 2 fully saturated rings. The number of aryl methyl sites for hydroxylation is 1. The summed E-state index contributed by atoms with van der Waals surface area (Å²) in [5.41, 5.74) is 3.32. The van der Waals surface area contributed by atoms with E-state index in [0.29, 0.717) is 31.6 Å². The number of carbonyl (C=O) groups is 2. The molecule has 2 saturated heterocycles. The van der Waals surface area contributed by atoms with E-state index in [0.717, 1.165) is 28.6 Å². The number of likely N-dealkylation sites (tertiary alicyclic amines) is 1. The van der Waals surface area contributed by atoms with Crippen LogP contribution in [-0.2, 0) is 4.79 Å². The maximum Gasteiger partial charge on any atom is 0.256 e. The molecule has 1 atom stereocenters. The minimum absolute atomic E-state index is 0.00706. The van der Waals surface area contributed by atoms with Gasteiger partial charge in [0.05, 0.1) is 11.1 Å². The summed E-state index contributed by atoms with van der Waals surface area (Å²) in [6.07, 6.45) is 3.07. The first kappa shape index (κ1) is 17.9. The Labute approximate surface area is 170 Å². The highest BCUT2D eigenvalue weighted by Crippen LogP contribution is 2.42. The van der Waals surface area contributed by atoms with Gasteiger partial charge in [0, 0.05) is 48.7 Å². The van der Waals surface area contributed by atoms with Gasteiger partial charge in [-0.1, -0.05) is 30.3 Å². The summed E-state index contributed by atoms with van der Waals surface area (Å²) in [5, 5.41) is 0.967. The number of fused-ring (bicyclic) bond motifs is 1. The zero-order chi connectivity index (χ0) is 20.0. The van der Waals surface area contributed by atoms with Gasteiger partial charge in [-0.15, -0.1) is 0 Å². The number of benzene rings is 2. The van der Waals surface area contributed by atoms with Crippen molar-refractivity contribution < 1.29 is 9.59 Å². The minimum atomic E-state index is -0.158. The normalized spacial score (nSPS) is 21.5. The summed E-state index contributed by atoms with van der Waals surface area (Å²) in [5.74, 6) is 0.157. The van der Waals surface area contributed by atoms with Crippen molar-refractivity contribution in [3.63, 3.8) is 0 Å². The number of pyridine rings is 1. The summed E-state index contributed by atoms with van der Waals surface area (Å²) in [6, 6.07) is 17.6. The second-order valence-electron chi connectivity index (χ2n) is 8.35. The Kier molecular flexibility index (Phi) is 4.12. The SMILES string of the molecule is Cc1cccc(N2C[C@@]3(CCN(C(=O)c4cccc5cccnc45)C3)CC2=O)c1. The van der Waals surface area contributed by atoms with Crippen molar-refractivity contribution in [1.82, 2.24) is 9.88 Å². The second-order valence-corrected chi connectivity index (χ2v) is 8.35. The molecule has 2 amide bonds. The quantitative estimate of drug-likeness (QED) is 0.674. The van der Waals surface area contributed by atoms with E-state index in [1.54, 1.807) is 6.20 Å². The van der Waals surface area contributed by atoms with Gasteiger partial charge in [0.2, 0.25) is 5.91 Å². The van der Waals surface area contributed by atoms with Crippen molar-refractivity contribution in [3.05, 3.63) is 71.9 Å². The molecule has 0 N–H and O–H groups in total. The van der Waals surface area contributed by atoms with E-state index >= 15 is 0 Å². The largest absolute Gasteiger partial charge is 0.338 e. The number of nitrogens with zero attached hydrogens (tertiary/aromatic N) is 3. The molecule has 1 aromatic heterocycles. The lowest BCUT2D eigenvalue weighted by Crippen LogP contribution is -2.34. The highest BCUT2D eigenvalue weighted by Gasteiger charge is 2.49. The molecule has 146 valence electrons. The van der Waals surface area contributed by atoms with Crippen LogP contribution in [0, 0.1) is 12.3 Å². The second kappa shape index (κ2) is 6.69. The third-order valence-corrected chi connectivity index (χ3v) is 6.22. The van der Waals surface area contributed by atoms with E-state index in [1.807, 2.05) is 65.3 Å². The Balaban J connectivity index is 1.38. The maximum atomic E-state index is 13.3.